The summed E-state index contributed by atoms with van der Waals surface area (Å²) in [5, 5.41) is 10.6. The Labute approximate surface area is 105 Å². The maximum atomic E-state index is 12.5. The summed E-state index contributed by atoms with van der Waals surface area (Å²) in [4.78, 5) is 9.64. The second-order valence-electron chi connectivity index (χ2n) is 2.81. The van der Waals surface area contributed by atoms with Crippen molar-refractivity contribution in [2.24, 2.45) is 0 Å². The van der Waals surface area contributed by atoms with Gasteiger partial charge in [0.2, 0.25) is 0 Å². The van der Waals surface area contributed by atoms with E-state index in [1.165, 1.54) is 0 Å². The standard InChI is InChI=1S/C8H4Br2F3NO2/c9-3-4-6(10)2-1-5(8(11,12)13)7(4)14(15)16/h1-2H,3H2. The molecule has 16 heavy (non-hydrogen) atoms. The summed E-state index contributed by atoms with van der Waals surface area (Å²) >= 11 is 5.90. The Bertz CT molecular complexity index is 434. The Morgan fingerprint density at radius 1 is 1.38 bits per heavy atom. The van der Waals surface area contributed by atoms with Gasteiger partial charge in [0.15, 0.2) is 0 Å². The van der Waals surface area contributed by atoms with Gasteiger partial charge in [-0.2, -0.15) is 13.2 Å². The Morgan fingerprint density at radius 2 is 1.94 bits per heavy atom. The quantitative estimate of drug-likeness (QED) is 0.448. The van der Waals surface area contributed by atoms with Crippen LogP contribution in [0.2, 0.25) is 0 Å². The van der Waals surface area contributed by atoms with Crippen molar-refractivity contribution >= 4 is 37.5 Å². The minimum atomic E-state index is -4.74. The molecule has 0 radical (unpaired) electrons. The van der Waals surface area contributed by atoms with Gasteiger partial charge in [0.05, 0.1) is 10.5 Å². The molecule has 0 amide bonds. The van der Waals surface area contributed by atoms with E-state index in [1.54, 1.807) is 0 Å². The molecule has 0 aromatic heterocycles. The van der Waals surface area contributed by atoms with Crippen molar-refractivity contribution in [3.8, 4) is 0 Å². The summed E-state index contributed by atoms with van der Waals surface area (Å²) in [7, 11) is 0. The van der Waals surface area contributed by atoms with Crippen LogP contribution in [0.25, 0.3) is 0 Å². The minimum absolute atomic E-state index is 0.0279. The van der Waals surface area contributed by atoms with Crippen LogP contribution in [0.3, 0.4) is 0 Å². The van der Waals surface area contributed by atoms with E-state index in [0.717, 1.165) is 6.07 Å². The maximum absolute atomic E-state index is 12.5. The minimum Gasteiger partial charge on any atom is -0.258 e. The lowest BCUT2D eigenvalue weighted by atomic mass is 10.1. The van der Waals surface area contributed by atoms with Crippen molar-refractivity contribution in [3.05, 3.63) is 37.8 Å². The Morgan fingerprint density at radius 3 is 2.31 bits per heavy atom. The lowest BCUT2D eigenvalue weighted by Crippen LogP contribution is -2.10. The van der Waals surface area contributed by atoms with Crippen LogP contribution < -0.4 is 0 Å². The largest absolute Gasteiger partial charge is 0.423 e. The molecule has 0 aliphatic rings. The molecule has 0 N–H and O–H groups in total. The fourth-order valence-corrected chi connectivity index (χ4v) is 2.58. The third-order valence-corrected chi connectivity index (χ3v) is 3.15. The molecule has 0 bridgehead atoms. The predicted molar refractivity (Wildman–Crippen MR) is 58.4 cm³/mol. The molecule has 3 nitrogen and oxygen atoms in total. The van der Waals surface area contributed by atoms with Crippen molar-refractivity contribution in [1.29, 1.82) is 0 Å². The zero-order chi connectivity index (χ0) is 12.5. The Balaban J connectivity index is 3.58. The van der Waals surface area contributed by atoms with Gasteiger partial charge in [-0.25, -0.2) is 0 Å². The molecule has 1 rings (SSSR count). The van der Waals surface area contributed by atoms with Crippen LogP contribution in [0.15, 0.2) is 16.6 Å². The SMILES string of the molecule is O=[N+]([O-])c1c(C(F)(F)F)ccc(Br)c1CBr. The van der Waals surface area contributed by atoms with Gasteiger partial charge < -0.3 is 0 Å². The average Bonchev–Trinajstić information content (AvgIpc) is 2.14. The van der Waals surface area contributed by atoms with Gasteiger partial charge in [-0.15, -0.1) is 0 Å². The van der Waals surface area contributed by atoms with E-state index in [2.05, 4.69) is 31.9 Å². The highest BCUT2D eigenvalue weighted by atomic mass is 79.9. The normalized spacial score (nSPS) is 11.6. The van der Waals surface area contributed by atoms with E-state index < -0.39 is 22.4 Å². The molecule has 0 unspecified atom stereocenters. The molecular weight excluding hydrogens is 359 g/mol. The lowest BCUT2D eigenvalue weighted by Gasteiger charge is -2.10. The summed E-state index contributed by atoms with van der Waals surface area (Å²) in [5.41, 5.74) is -2.19. The Hall–Kier alpha value is -0.630. The second-order valence-corrected chi connectivity index (χ2v) is 4.23. The number of hydrogen-bond acceptors (Lipinski definition) is 2. The molecule has 1 aromatic carbocycles. The first-order valence-corrected chi connectivity index (χ1v) is 5.79. The Kier molecular flexibility index (Phi) is 3.95. The highest BCUT2D eigenvalue weighted by Gasteiger charge is 2.40. The number of alkyl halides is 4. The molecule has 0 spiro atoms. The van der Waals surface area contributed by atoms with Gasteiger partial charge in [0, 0.05) is 9.80 Å². The molecule has 0 saturated heterocycles. The number of rotatable bonds is 2. The van der Waals surface area contributed by atoms with Gasteiger partial charge in [-0.05, 0) is 12.1 Å². The first-order valence-electron chi connectivity index (χ1n) is 3.88. The third-order valence-electron chi connectivity index (χ3n) is 1.85. The van der Waals surface area contributed by atoms with Crippen LogP contribution in [-0.4, -0.2) is 4.92 Å². The van der Waals surface area contributed by atoms with E-state index in [4.69, 9.17) is 0 Å². The van der Waals surface area contributed by atoms with Crippen LogP contribution in [0.5, 0.6) is 0 Å². The predicted octanol–water partition coefficient (Wildman–Crippen LogP) is 4.27. The maximum Gasteiger partial charge on any atom is 0.423 e. The number of nitrogens with zero attached hydrogens (tertiary/aromatic N) is 1. The van der Waals surface area contributed by atoms with Crippen molar-refractivity contribution in [2.45, 2.75) is 11.5 Å². The highest BCUT2D eigenvalue weighted by molar-refractivity contribution is 9.10. The van der Waals surface area contributed by atoms with E-state index in [0.29, 0.717) is 6.07 Å². The van der Waals surface area contributed by atoms with E-state index >= 15 is 0 Å². The van der Waals surface area contributed by atoms with Crippen LogP contribution in [0.4, 0.5) is 18.9 Å². The molecular formula is C8H4Br2F3NO2. The van der Waals surface area contributed by atoms with Gasteiger partial charge in [0.1, 0.15) is 5.56 Å². The van der Waals surface area contributed by atoms with Crippen molar-refractivity contribution in [1.82, 2.24) is 0 Å². The van der Waals surface area contributed by atoms with E-state index in [9.17, 15) is 23.3 Å². The number of nitro groups is 1. The third kappa shape index (κ3) is 2.54. The molecule has 8 heteroatoms. The van der Waals surface area contributed by atoms with E-state index in [-0.39, 0.29) is 15.4 Å². The summed E-state index contributed by atoms with van der Waals surface area (Å²) in [5.74, 6) is 0. The summed E-state index contributed by atoms with van der Waals surface area (Å²) < 4.78 is 37.8. The van der Waals surface area contributed by atoms with Crippen molar-refractivity contribution in [2.75, 3.05) is 0 Å². The summed E-state index contributed by atoms with van der Waals surface area (Å²) in [6.45, 7) is 0. The van der Waals surface area contributed by atoms with Crippen LogP contribution in [0, 0.1) is 10.1 Å². The first-order chi connectivity index (χ1) is 7.29. The smallest absolute Gasteiger partial charge is 0.258 e. The van der Waals surface area contributed by atoms with Gasteiger partial charge in [-0.1, -0.05) is 31.9 Å². The molecule has 0 heterocycles. The second kappa shape index (κ2) is 4.70. The zero-order valence-corrected chi connectivity index (χ0v) is 10.7. The molecule has 0 aliphatic heterocycles. The van der Waals surface area contributed by atoms with Crippen molar-refractivity contribution < 1.29 is 18.1 Å². The molecule has 88 valence electrons. The molecule has 0 atom stereocenters. The number of benzene rings is 1. The van der Waals surface area contributed by atoms with Gasteiger partial charge >= 0.3 is 6.18 Å². The van der Waals surface area contributed by atoms with Crippen LogP contribution in [-0.2, 0) is 11.5 Å². The average molecular weight is 363 g/mol. The molecule has 0 saturated carbocycles. The number of hydrogen-bond donors (Lipinski definition) is 0. The monoisotopic (exact) mass is 361 g/mol. The first kappa shape index (κ1) is 13.4. The number of halogens is 5. The molecule has 1 aromatic rings. The fraction of sp³-hybridized carbons (Fsp3) is 0.250. The topological polar surface area (TPSA) is 43.1 Å². The van der Waals surface area contributed by atoms with Gasteiger partial charge in [0.25, 0.3) is 5.69 Å². The van der Waals surface area contributed by atoms with Crippen molar-refractivity contribution in [3.63, 3.8) is 0 Å². The fourth-order valence-electron chi connectivity index (χ4n) is 1.18. The van der Waals surface area contributed by atoms with Crippen LogP contribution in [0.1, 0.15) is 11.1 Å². The van der Waals surface area contributed by atoms with Gasteiger partial charge in [-0.3, -0.25) is 10.1 Å². The van der Waals surface area contributed by atoms with E-state index in [1.807, 2.05) is 0 Å². The molecule has 0 aliphatic carbocycles. The zero-order valence-electron chi connectivity index (χ0n) is 7.52. The highest BCUT2D eigenvalue weighted by Crippen LogP contribution is 2.41. The number of nitro benzene ring substituents is 1. The lowest BCUT2D eigenvalue weighted by molar-refractivity contribution is -0.388. The summed E-state index contributed by atoms with van der Waals surface area (Å²) in [6.07, 6.45) is -4.74. The van der Waals surface area contributed by atoms with Crippen LogP contribution >= 0.6 is 31.9 Å². The summed E-state index contributed by atoms with van der Waals surface area (Å²) in [6, 6.07) is 1.83. The molecule has 0 fully saturated rings.